The molecule has 2 rings (SSSR count). The van der Waals surface area contributed by atoms with E-state index >= 15 is 0 Å². The van der Waals surface area contributed by atoms with Crippen LogP contribution in [0.15, 0.2) is 33.9 Å². The molecular formula is C10H12NNaO3S2. The summed E-state index contributed by atoms with van der Waals surface area (Å²) in [5.74, 6) is 0.135. The van der Waals surface area contributed by atoms with Crippen LogP contribution in [-0.4, -0.2) is 48.7 Å². The molecule has 0 aliphatic rings. The first-order valence-corrected chi connectivity index (χ1v) is 7.87. The van der Waals surface area contributed by atoms with Gasteiger partial charge in [0.25, 0.3) is 5.22 Å². The Morgan fingerprint density at radius 3 is 2.71 bits per heavy atom. The molecule has 0 aliphatic heterocycles. The van der Waals surface area contributed by atoms with E-state index in [1.165, 1.54) is 0 Å². The molecule has 0 N–H and O–H groups in total. The Morgan fingerprint density at radius 2 is 2.06 bits per heavy atom. The summed E-state index contributed by atoms with van der Waals surface area (Å²) in [5.41, 5.74) is 1.29. The van der Waals surface area contributed by atoms with Gasteiger partial charge in [-0.3, -0.25) is 0 Å². The summed E-state index contributed by atoms with van der Waals surface area (Å²) in [6.45, 7) is 1.82. The minimum atomic E-state index is -3.17. The van der Waals surface area contributed by atoms with Gasteiger partial charge in [-0.15, -0.1) is 0 Å². The number of para-hydroxylation sites is 2. The molecule has 0 saturated heterocycles. The zero-order valence-electron chi connectivity index (χ0n) is 8.71. The van der Waals surface area contributed by atoms with Crippen LogP contribution in [0.2, 0.25) is 0 Å². The van der Waals surface area contributed by atoms with Gasteiger partial charge in [-0.05, 0) is 18.6 Å². The van der Waals surface area contributed by atoms with E-state index in [0.717, 1.165) is 0 Å². The Morgan fingerprint density at radius 1 is 1.35 bits per heavy atom. The van der Waals surface area contributed by atoms with Crippen molar-refractivity contribution >= 4 is 60.3 Å². The van der Waals surface area contributed by atoms with Crippen molar-refractivity contribution in [1.29, 1.82) is 0 Å². The Hall–Kier alpha value is -0.0100. The number of fused-ring (bicyclic) bond motifs is 1. The molecule has 0 fully saturated rings. The van der Waals surface area contributed by atoms with Crippen LogP contribution in [0.25, 0.3) is 11.1 Å². The molecule has 0 spiro atoms. The zero-order valence-corrected chi connectivity index (χ0v) is 10.3. The summed E-state index contributed by atoms with van der Waals surface area (Å²) in [4.78, 5) is 4.10. The Labute approximate surface area is 126 Å². The monoisotopic (exact) mass is 281 g/mol. The van der Waals surface area contributed by atoms with Crippen molar-refractivity contribution in [3.63, 3.8) is 0 Å². The van der Waals surface area contributed by atoms with E-state index in [0.29, 0.717) is 28.3 Å². The second kappa shape index (κ2) is 6.24. The van der Waals surface area contributed by atoms with Gasteiger partial charge in [-0.2, -0.15) is 0 Å². The molecule has 2 aromatic rings. The fourth-order valence-corrected chi connectivity index (χ4v) is 3.96. The fraction of sp³-hybridized carbons (Fsp3) is 0.300. The third-order valence-corrected chi connectivity index (χ3v) is 5.10. The molecule has 17 heavy (non-hydrogen) atoms. The van der Waals surface area contributed by atoms with E-state index in [9.17, 15) is 8.42 Å². The number of aromatic nitrogens is 1. The summed E-state index contributed by atoms with van der Waals surface area (Å²) in [7, 11) is -2.48. The zero-order chi connectivity index (χ0) is 11.6. The summed E-state index contributed by atoms with van der Waals surface area (Å²) in [6.07, 6.45) is 0.593. The maximum atomic E-state index is 11.5. The topological polar surface area (TPSA) is 60.2 Å². The molecule has 1 aromatic carbocycles. The SMILES string of the molecule is CCCS(=O)(=O)Sc1nc2ccccc2o1.[NaH]. The molecule has 0 unspecified atom stereocenters. The Balaban J connectivity index is 0.00000144. The number of hydrogen-bond acceptors (Lipinski definition) is 5. The summed E-state index contributed by atoms with van der Waals surface area (Å²) in [6, 6.07) is 7.20. The van der Waals surface area contributed by atoms with Crippen LogP contribution in [0.1, 0.15) is 13.3 Å². The van der Waals surface area contributed by atoms with Crippen LogP contribution < -0.4 is 0 Å². The van der Waals surface area contributed by atoms with Crippen LogP contribution in [0, 0.1) is 0 Å². The van der Waals surface area contributed by atoms with Gasteiger partial charge in [-0.1, -0.05) is 19.1 Å². The summed E-state index contributed by atoms with van der Waals surface area (Å²) >= 11 is 0. The number of nitrogens with zero attached hydrogens (tertiary/aromatic N) is 1. The van der Waals surface area contributed by atoms with Gasteiger partial charge in [0.05, 0.1) is 16.5 Å². The van der Waals surface area contributed by atoms with Gasteiger partial charge in [0.15, 0.2) is 5.58 Å². The summed E-state index contributed by atoms with van der Waals surface area (Å²) in [5, 5.41) is 0.189. The van der Waals surface area contributed by atoms with Crippen LogP contribution in [-0.2, 0) is 8.87 Å². The normalized spacial score (nSPS) is 11.4. The molecule has 0 amide bonds. The van der Waals surface area contributed by atoms with Gasteiger partial charge in [0.2, 0.25) is 8.87 Å². The van der Waals surface area contributed by atoms with Crippen molar-refractivity contribution < 1.29 is 12.8 Å². The standard InChI is InChI=1S/C10H11NO3S2.Na.H/c1-2-7-16(12,13)15-10-11-8-5-3-4-6-9(8)14-10;;/h3-6H,2,7H2,1H3;;. The van der Waals surface area contributed by atoms with Crippen molar-refractivity contribution in [2.24, 2.45) is 0 Å². The van der Waals surface area contributed by atoms with Crippen LogP contribution in [0.4, 0.5) is 0 Å². The van der Waals surface area contributed by atoms with Gasteiger partial charge in [-0.25, -0.2) is 13.4 Å². The molecule has 1 aromatic heterocycles. The molecule has 88 valence electrons. The Bertz CT molecular complexity index is 561. The second-order valence-electron chi connectivity index (χ2n) is 3.29. The average molecular weight is 281 g/mol. The van der Waals surface area contributed by atoms with E-state index < -0.39 is 8.87 Å². The second-order valence-corrected chi connectivity index (χ2v) is 7.36. The maximum absolute atomic E-state index is 11.5. The quantitative estimate of drug-likeness (QED) is 0.634. The third kappa shape index (κ3) is 3.99. The third-order valence-electron chi connectivity index (χ3n) is 1.93. The van der Waals surface area contributed by atoms with Crippen molar-refractivity contribution in [2.45, 2.75) is 18.6 Å². The van der Waals surface area contributed by atoms with Crippen LogP contribution >= 0.6 is 10.8 Å². The van der Waals surface area contributed by atoms with Gasteiger partial charge in [0.1, 0.15) is 5.52 Å². The molecular weight excluding hydrogens is 269 g/mol. The first kappa shape index (κ1) is 15.0. The number of oxazole rings is 1. The number of hydrogen-bond donors (Lipinski definition) is 0. The first-order valence-electron chi connectivity index (χ1n) is 4.88. The van der Waals surface area contributed by atoms with Crippen molar-refractivity contribution in [3.05, 3.63) is 24.3 Å². The van der Waals surface area contributed by atoms with Crippen LogP contribution in [0.3, 0.4) is 0 Å². The first-order chi connectivity index (χ1) is 7.61. The average Bonchev–Trinajstić information content (AvgIpc) is 2.58. The molecule has 0 radical (unpaired) electrons. The minimum absolute atomic E-state index is 0. The van der Waals surface area contributed by atoms with Gasteiger partial charge in [0, 0.05) is 0 Å². The molecule has 0 atom stereocenters. The molecule has 1 heterocycles. The molecule has 7 heteroatoms. The van der Waals surface area contributed by atoms with E-state index in [4.69, 9.17) is 4.42 Å². The predicted molar refractivity (Wildman–Crippen MR) is 71.1 cm³/mol. The molecule has 4 nitrogen and oxygen atoms in total. The molecule has 0 bridgehead atoms. The van der Waals surface area contributed by atoms with E-state index in [2.05, 4.69) is 4.98 Å². The molecule has 0 saturated carbocycles. The van der Waals surface area contributed by atoms with Gasteiger partial charge >= 0.3 is 29.6 Å². The molecule has 0 aliphatic carbocycles. The van der Waals surface area contributed by atoms with E-state index in [1.807, 2.05) is 19.1 Å². The van der Waals surface area contributed by atoms with Crippen LogP contribution in [0.5, 0.6) is 0 Å². The Kier molecular flexibility index (Phi) is 5.53. The fourth-order valence-electron chi connectivity index (χ4n) is 1.29. The van der Waals surface area contributed by atoms with Crippen molar-refractivity contribution in [2.75, 3.05) is 5.75 Å². The van der Waals surface area contributed by atoms with Gasteiger partial charge < -0.3 is 4.42 Å². The van der Waals surface area contributed by atoms with E-state index in [-0.39, 0.29) is 40.5 Å². The number of rotatable bonds is 4. The van der Waals surface area contributed by atoms with E-state index in [1.54, 1.807) is 12.1 Å². The van der Waals surface area contributed by atoms with Crippen molar-refractivity contribution in [3.8, 4) is 0 Å². The number of benzene rings is 1. The van der Waals surface area contributed by atoms with Crippen molar-refractivity contribution in [1.82, 2.24) is 4.98 Å². The summed E-state index contributed by atoms with van der Waals surface area (Å²) < 4.78 is 28.4. The predicted octanol–water partition coefficient (Wildman–Crippen LogP) is 2.01.